The molecule has 2 aromatic carbocycles. The van der Waals surface area contributed by atoms with Crippen LogP contribution in [0.15, 0.2) is 59.7 Å². The number of thiazole rings is 1. The highest BCUT2D eigenvalue weighted by Crippen LogP contribution is 2.30. The lowest BCUT2D eigenvalue weighted by Gasteiger charge is -2.09. The van der Waals surface area contributed by atoms with Crippen molar-refractivity contribution in [3.63, 3.8) is 0 Å². The molecule has 0 aliphatic rings. The van der Waals surface area contributed by atoms with E-state index in [-0.39, 0.29) is 0 Å². The number of nitrogens with zero attached hydrogens (tertiary/aromatic N) is 2. The zero-order valence-electron chi connectivity index (χ0n) is 12.5. The summed E-state index contributed by atoms with van der Waals surface area (Å²) in [7, 11) is 0. The SMILES string of the molecule is Cc1cn(-c2cccc(C(F)(F)F)c2)c(=Nc2ccc(Cl)cc2)s1. The quantitative estimate of drug-likeness (QED) is 0.548. The third kappa shape index (κ3) is 3.71. The Bertz CT molecular complexity index is 924. The minimum atomic E-state index is -4.38. The van der Waals surface area contributed by atoms with E-state index in [1.807, 2.05) is 6.92 Å². The average Bonchev–Trinajstić information content (AvgIpc) is 2.89. The predicted octanol–water partition coefficient (Wildman–Crippen LogP) is 5.75. The largest absolute Gasteiger partial charge is 0.416 e. The highest BCUT2D eigenvalue weighted by Gasteiger charge is 2.30. The van der Waals surface area contributed by atoms with E-state index in [0.717, 1.165) is 17.0 Å². The zero-order chi connectivity index (χ0) is 17.3. The van der Waals surface area contributed by atoms with Crippen LogP contribution in [0.5, 0.6) is 0 Å². The third-order valence-electron chi connectivity index (χ3n) is 3.27. The van der Waals surface area contributed by atoms with Gasteiger partial charge in [-0.15, -0.1) is 11.3 Å². The van der Waals surface area contributed by atoms with Gasteiger partial charge in [-0.25, -0.2) is 4.99 Å². The van der Waals surface area contributed by atoms with E-state index in [4.69, 9.17) is 11.6 Å². The minimum Gasteiger partial charge on any atom is -0.292 e. The molecule has 24 heavy (non-hydrogen) atoms. The molecule has 0 amide bonds. The first kappa shape index (κ1) is 16.8. The van der Waals surface area contributed by atoms with Crippen molar-refractivity contribution in [2.75, 3.05) is 0 Å². The van der Waals surface area contributed by atoms with E-state index in [1.54, 1.807) is 41.1 Å². The smallest absolute Gasteiger partial charge is 0.292 e. The fraction of sp³-hybridized carbons (Fsp3) is 0.118. The van der Waals surface area contributed by atoms with Crippen LogP contribution < -0.4 is 4.80 Å². The number of aromatic nitrogens is 1. The number of benzene rings is 2. The lowest BCUT2D eigenvalue weighted by Crippen LogP contribution is -2.13. The van der Waals surface area contributed by atoms with E-state index in [1.165, 1.54) is 17.4 Å². The molecule has 1 heterocycles. The van der Waals surface area contributed by atoms with Crippen molar-refractivity contribution in [1.82, 2.24) is 4.57 Å². The van der Waals surface area contributed by atoms with E-state index < -0.39 is 11.7 Å². The third-order valence-corrected chi connectivity index (χ3v) is 4.42. The molecule has 0 saturated carbocycles. The molecule has 0 fully saturated rings. The maximum Gasteiger partial charge on any atom is 0.416 e. The molecule has 3 aromatic rings. The second-order valence-corrected chi connectivity index (χ2v) is 6.78. The Hall–Kier alpha value is -2.05. The Morgan fingerprint density at radius 3 is 2.46 bits per heavy atom. The molecule has 1 aromatic heterocycles. The highest BCUT2D eigenvalue weighted by molar-refractivity contribution is 7.09. The van der Waals surface area contributed by atoms with Crippen LogP contribution in [0.2, 0.25) is 5.02 Å². The topological polar surface area (TPSA) is 17.3 Å². The van der Waals surface area contributed by atoms with Gasteiger partial charge in [-0.3, -0.25) is 4.57 Å². The molecule has 0 atom stereocenters. The van der Waals surface area contributed by atoms with Crippen molar-refractivity contribution >= 4 is 28.6 Å². The van der Waals surface area contributed by atoms with Gasteiger partial charge in [0.25, 0.3) is 0 Å². The predicted molar refractivity (Wildman–Crippen MR) is 90.1 cm³/mol. The fourth-order valence-electron chi connectivity index (χ4n) is 2.18. The minimum absolute atomic E-state index is 0.418. The number of halogens is 4. The number of alkyl halides is 3. The molecule has 0 saturated heterocycles. The van der Waals surface area contributed by atoms with Crippen LogP contribution in [0.3, 0.4) is 0 Å². The molecule has 7 heteroatoms. The number of aryl methyl sites for hydroxylation is 1. The molecule has 0 aliphatic heterocycles. The van der Waals surface area contributed by atoms with Gasteiger partial charge in [0, 0.05) is 21.8 Å². The number of hydrogen-bond donors (Lipinski definition) is 0. The molecular formula is C17H12ClF3N2S. The molecule has 0 N–H and O–H groups in total. The molecular weight excluding hydrogens is 357 g/mol. The monoisotopic (exact) mass is 368 g/mol. The van der Waals surface area contributed by atoms with Crippen LogP contribution in [-0.4, -0.2) is 4.57 Å². The average molecular weight is 369 g/mol. The van der Waals surface area contributed by atoms with Gasteiger partial charge in [-0.1, -0.05) is 17.7 Å². The first-order valence-corrected chi connectivity index (χ1v) is 8.19. The second-order valence-electron chi connectivity index (χ2n) is 5.13. The fourth-order valence-corrected chi connectivity index (χ4v) is 3.16. The van der Waals surface area contributed by atoms with Crippen LogP contribution in [0, 0.1) is 6.92 Å². The summed E-state index contributed by atoms with van der Waals surface area (Å²) in [4.78, 5) is 6.05. The molecule has 3 rings (SSSR count). The Balaban J connectivity index is 2.12. The van der Waals surface area contributed by atoms with Gasteiger partial charge in [0.05, 0.1) is 11.3 Å². The molecule has 124 valence electrons. The summed E-state index contributed by atoms with van der Waals surface area (Å²) >= 11 is 7.26. The number of rotatable bonds is 2. The van der Waals surface area contributed by atoms with Crippen LogP contribution in [-0.2, 0) is 6.18 Å². The van der Waals surface area contributed by atoms with E-state index >= 15 is 0 Å². The van der Waals surface area contributed by atoms with Gasteiger partial charge in [0.15, 0.2) is 4.80 Å². The van der Waals surface area contributed by atoms with Gasteiger partial charge in [-0.2, -0.15) is 13.2 Å². The van der Waals surface area contributed by atoms with Crippen LogP contribution >= 0.6 is 22.9 Å². The standard InChI is InChI=1S/C17H12ClF3N2S/c1-11-10-23(15-4-2-3-12(9-15)17(19,20)21)16(24-11)22-14-7-5-13(18)6-8-14/h2-10H,1H3. The van der Waals surface area contributed by atoms with E-state index in [9.17, 15) is 13.2 Å². The van der Waals surface area contributed by atoms with Crippen LogP contribution in [0.1, 0.15) is 10.4 Å². The summed E-state index contributed by atoms with van der Waals surface area (Å²) in [5, 5.41) is 0.599. The van der Waals surface area contributed by atoms with Crippen molar-refractivity contribution in [2.24, 2.45) is 4.99 Å². The first-order valence-electron chi connectivity index (χ1n) is 7.00. The molecule has 0 aliphatic carbocycles. The van der Waals surface area contributed by atoms with Gasteiger partial charge < -0.3 is 0 Å². The second kappa shape index (κ2) is 6.45. The van der Waals surface area contributed by atoms with Crippen molar-refractivity contribution in [3.8, 4) is 5.69 Å². The van der Waals surface area contributed by atoms with Gasteiger partial charge in [-0.05, 0) is 49.4 Å². The Kier molecular flexibility index (Phi) is 4.51. The lowest BCUT2D eigenvalue weighted by atomic mass is 10.2. The van der Waals surface area contributed by atoms with Crippen LogP contribution in [0.25, 0.3) is 5.69 Å². The Morgan fingerprint density at radius 1 is 1.08 bits per heavy atom. The van der Waals surface area contributed by atoms with Gasteiger partial charge >= 0.3 is 6.18 Å². The normalized spacial score (nSPS) is 12.6. The van der Waals surface area contributed by atoms with E-state index in [0.29, 0.717) is 21.2 Å². The summed E-state index contributed by atoms with van der Waals surface area (Å²) in [6.07, 6.45) is -2.61. The summed E-state index contributed by atoms with van der Waals surface area (Å²) < 4.78 is 40.5. The first-order chi connectivity index (χ1) is 11.3. The van der Waals surface area contributed by atoms with E-state index in [2.05, 4.69) is 4.99 Å². The van der Waals surface area contributed by atoms with Gasteiger partial charge in [0.1, 0.15) is 0 Å². The molecule has 0 radical (unpaired) electrons. The maximum absolute atomic E-state index is 12.9. The Labute approximate surface area is 145 Å². The summed E-state index contributed by atoms with van der Waals surface area (Å²) in [5.41, 5.74) is 0.415. The molecule has 2 nitrogen and oxygen atoms in total. The Morgan fingerprint density at radius 2 is 1.79 bits per heavy atom. The molecule has 0 spiro atoms. The maximum atomic E-state index is 12.9. The molecule has 0 bridgehead atoms. The number of hydrogen-bond acceptors (Lipinski definition) is 2. The summed E-state index contributed by atoms with van der Waals surface area (Å²) in [6, 6.07) is 12.1. The van der Waals surface area contributed by atoms with Gasteiger partial charge in [0.2, 0.25) is 0 Å². The van der Waals surface area contributed by atoms with Crippen molar-refractivity contribution in [1.29, 1.82) is 0 Å². The van der Waals surface area contributed by atoms with Crippen molar-refractivity contribution < 1.29 is 13.2 Å². The zero-order valence-corrected chi connectivity index (χ0v) is 14.1. The molecule has 0 unspecified atom stereocenters. The highest BCUT2D eigenvalue weighted by atomic mass is 35.5. The lowest BCUT2D eigenvalue weighted by molar-refractivity contribution is -0.137. The summed E-state index contributed by atoms with van der Waals surface area (Å²) in [6.45, 7) is 1.88. The van der Waals surface area contributed by atoms with Crippen molar-refractivity contribution in [3.05, 3.63) is 75.0 Å². The van der Waals surface area contributed by atoms with Crippen LogP contribution in [0.4, 0.5) is 18.9 Å². The van der Waals surface area contributed by atoms with Crippen molar-refractivity contribution in [2.45, 2.75) is 13.1 Å². The summed E-state index contributed by atoms with van der Waals surface area (Å²) in [5.74, 6) is 0.